The number of nitrogens with zero attached hydrogens (tertiary/aromatic N) is 2. The summed E-state index contributed by atoms with van der Waals surface area (Å²) < 4.78 is 0. The van der Waals surface area contributed by atoms with Crippen LogP contribution in [0.4, 0.5) is 0 Å². The molecule has 2 unspecified atom stereocenters. The van der Waals surface area contributed by atoms with Crippen LogP contribution in [0.3, 0.4) is 0 Å². The third-order valence-corrected chi connectivity index (χ3v) is 3.79. The predicted octanol–water partition coefficient (Wildman–Crippen LogP) is 2.78. The summed E-state index contributed by atoms with van der Waals surface area (Å²) in [4.78, 5) is 2.55. The highest BCUT2D eigenvalue weighted by Gasteiger charge is 2.41. The minimum Gasteiger partial charge on any atom is -0.300 e. The fraction of sp³-hybridized carbons (Fsp3) is 0.933. The van der Waals surface area contributed by atoms with Crippen LogP contribution in [-0.4, -0.2) is 35.6 Å². The Morgan fingerprint density at radius 2 is 2.06 bits per heavy atom. The molecular weight excluding hydrogens is 222 g/mol. The molecule has 0 spiro atoms. The molecule has 1 rings (SSSR count). The molecule has 0 radical (unpaired) electrons. The zero-order valence-electron chi connectivity index (χ0n) is 12.7. The average Bonchev–Trinajstić information content (AvgIpc) is 2.69. The van der Waals surface area contributed by atoms with Gasteiger partial charge in [-0.3, -0.25) is 5.32 Å². The predicted molar refractivity (Wildman–Crippen MR) is 76.3 cm³/mol. The van der Waals surface area contributed by atoms with Crippen molar-refractivity contribution in [3.8, 4) is 6.07 Å². The molecule has 1 saturated carbocycles. The lowest BCUT2D eigenvalue weighted by atomic mass is 9.98. The first-order valence-electron chi connectivity index (χ1n) is 7.35. The van der Waals surface area contributed by atoms with E-state index in [1.165, 1.54) is 0 Å². The van der Waals surface area contributed by atoms with Crippen LogP contribution in [0.15, 0.2) is 0 Å². The average molecular weight is 251 g/mol. The molecule has 0 aliphatic heterocycles. The van der Waals surface area contributed by atoms with Crippen LogP contribution >= 0.6 is 0 Å². The Morgan fingerprint density at radius 3 is 2.50 bits per heavy atom. The number of nitrogens with one attached hydrogen (secondary N) is 1. The second-order valence-electron chi connectivity index (χ2n) is 6.37. The van der Waals surface area contributed by atoms with Crippen LogP contribution in [0, 0.1) is 17.2 Å². The van der Waals surface area contributed by atoms with Crippen molar-refractivity contribution in [2.75, 3.05) is 13.1 Å². The molecule has 18 heavy (non-hydrogen) atoms. The van der Waals surface area contributed by atoms with E-state index in [0.29, 0.717) is 18.0 Å². The first-order valence-corrected chi connectivity index (χ1v) is 7.35. The maximum absolute atomic E-state index is 9.49. The standard InChI is InChI=1S/C15H29N3/c1-6-18(10-12(2)3)14-7-8-15(9-14,11-16)17-13(4)5/h12-14,17H,6-10H2,1-5H3. The van der Waals surface area contributed by atoms with Crippen LogP contribution in [0.1, 0.15) is 53.9 Å². The van der Waals surface area contributed by atoms with Gasteiger partial charge in [0, 0.05) is 18.6 Å². The highest BCUT2D eigenvalue weighted by molar-refractivity contribution is 5.13. The summed E-state index contributed by atoms with van der Waals surface area (Å²) in [5.41, 5.74) is -0.288. The molecule has 0 saturated heterocycles. The van der Waals surface area contributed by atoms with Gasteiger partial charge in [0.25, 0.3) is 0 Å². The van der Waals surface area contributed by atoms with Crippen molar-refractivity contribution in [3.63, 3.8) is 0 Å². The van der Waals surface area contributed by atoms with E-state index in [9.17, 15) is 5.26 Å². The first kappa shape index (κ1) is 15.5. The zero-order chi connectivity index (χ0) is 13.8. The smallest absolute Gasteiger partial charge is 0.108 e. The number of hydrogen-bond acceptors (Lipinski definition) is 3. The largest absolute Gasteiger partial charge is 0.300 e. The van der Waals surface area contributed by atoms with Gasteiger partial charge in [0.2, 0.25) is 0 Å². The van der Waals surface area contributed by atoms with Crippen molar-refractivity contribution in [1.29, 1.82) is 5.26 Å². The van der Waals surface area contributed by atoms with E-state index in [1.807, 2.05) is 0 Å². The molecule has 1 aliphatic rings. The van der Waals surface area contributed by atoms with Crippen molar-refractivity contribution in [2.45, 2.75) is 71.5 Å². The normalized spacial score (nSPS) is 28.3. The number of nitriles is 1. The highest BCUT2D eigenvalue weighted by Crippen LogP contribution is 2.33. The van der Waals surface area contributed by atoms with Gasteiger partial charge in [-0.05, 0) is 45.6 Å². The second-order valence-corrected chi connectivity index (χ2v) is 6.37. The molecule has 3 heteroatoms. The SMILES string of the molecule is CCN(CC(C)C)C1CCC(C#N)(NC(C)C)C1. The molecule has 104 valence electrons. The summed E-state index contributed by atoms with van der Waals surface area (Å²) in [5, 5.41) is 13.0. The lowest BCUT2D eigenvalue weighted by Gasteiger charge is -2.31. The Balaban J connectivity index is 2.65. The summed E-state index contributed by atoms with van der Waals surface area (Å²) in [6.45, 7) is 13.2. The molecule has 2 atom stereocenters. The third-order valence-electron chi connectivity index (χ3n) is 3.79. The van der Waals surface area contributed by atoms with Crippen LogP contribution < -0.4 is 5.32 Å². The van der Waals surface area contributed by atoms with Crippen molar-refractivity contribution < 1.29 is 0 Å². The van der Waals surface area contributed by atoms with Gasteiger partial charge in [0.15, 0.2) is 0 Å². The molecule has 0 aromatic carbocycles. The number of rotatable bonds is 6. The van der Waals surface area contributed by atoms with E-state index in [2.05, 4.69) is 50.9 Å². The molecular formula is C15H29N3. The zero-order valence-corrected chi connectivity index (χ0v) is 12.7. The summed E-state index contributed by atoms with van der Waals surface area (Å²) >= 11 is 0. The lowest BCUT2D eigenvalue weighted by Crippen LogP contribution is -2.47. The van der Waals surface area contributed by atoms with Gasteiger partial charge in [-0.2, -0.15) is 5.26 Å². The van der Waals surface area contributed by atoms with E-state index in [-0.39, 0.29) is 5.54 Å². The molecule has 0 heterocycles. The quantitative estimate of drug-likeness (QED) is 0.789. The van der Waals surface area contributed by atoms with Gasteiger partial charge in [-0.25, -0.2) is 0 Å². The molecule has 1 fully saturated rings. The molecule has 0 aromatic rings. The number of hydrogen-bond donors (Lipinski definition) is 1. The van der Waals surface area contributed by atoms with Crippen molar-refractivity contribution >= 4 is 0 Å². The molecule has 3 nitrogen and oxygen atoms in total. The van der Waals surface area contributed by atoms with Gasteiger partial charge in [-0.1, -0.05) is 20.8 Å². The van der Waals surface area contributed by atoms with Crippen LogP contribution in [0.2, 0.25) is 0 Å². The van der Waals surface area contributed by atoms with Crippen LogP contribution in [0.5, 0.6) is 0 Å². The minimum absolute atomic E-state index is 0.288. The van der Waals surface area contributed by atoms with Gasteiger partial charge in [-0.15, -0.1) is 0 Å². The van der Waals surface area contributed by atoms with E-state index < -0.39 is 0 Å². The van der Waals surface area contributed by atoms with Gasteiger partial charge in [0.1, 0.15) is 5.54 Å². The molecule has 0 aromatic heterocycles. The second kappa shape index (κ2) is 6.54. The van der Waals surface area contributed by atoms with Gasteiger partial charge in [0.05, 0.1) is 6.07 Å². The Labute approximate surface area is 113 Å². The summed E-state index contributed by atoms with van der Waals surface area (Å²) in [6, 6.07) is 3.48. The Hall–Kier alpha value is -0.590. The van der Waals surface area contributed by atoms with Crippen LogP contribution in [-0.2, 0) is 0 Å². The van der Waals surface area contributed by atoms with E-state index >= 15 is 0 Å². The van der Waals surface area contributed by atoms with Crippen LogP contribution in [0.25, 0.3) is 0 Å². The fourth-order valence-corrected chi connectivity index (χ4v) is 3.15. The summed E-state index contributed by atoms with van der Waals surface area (Å²) in [6.07, 6.45) is 3.11. The Morgan fingerprint density at radius 1 is 1.39 bits per heavy atom. The van der Waals surface area contributed by atoms with E-state index in [4.69, 9.17) is 0 Å². The van der Waals surface area contributed by atoms with Gasteiger partial charge >= 0.3 is 0 Å². The van der Waals surface area contributed by atoms with Crippen molar-refractivity contribution in [1.82, 2.24) is 10.2 Å². The van der Waals surface area contributed by atoms with Gasteiger partial charge < -0.3 is 4.90 Å². The van der Waals surface area contributed by atoms with Crippen molar-refractivity contribution in [3.05, 3.63) is 0 Å². The third kappa shape index (κ3) is 3.96. The monoisotopic (exact) mass is 251 g/mol. The Bertz CT molecular complexity index is 293. The first-order chi connectivity index (χ1) is 8.42. The topological polar surface area (TPSA) is 39.1 Å². The van der Waals surface area contributed by atoms with E-state index in [0.717, 1.165) is 32.4 Å². The maximum atomic E-state index is 9.49. The highest BCUT2D eigenvalue weighted by atomic mass is 15.2. The fourth-order valence-electron chi connectivity index (χ4n) is 3.15. The van der Waals surface area contributed by atoms with E-state index in [1.54, 1.807) is 0 Å². The maximum Gasteiger partial charge on any atom is 0.108 e. The lowest BCUT2D eigenvalue weighted by molar-refractivity contribution is 0.180. The minimum atomic E-state index is -0.288. The Kier molecular flexibility index (Phi) is 5.62. The summed E-state index contributed by atoms with van der Waals surface area (Å²) in [5.74, 6) is 0.695. The molecule has 1 N–H and O–H groups in total. The molecule has 1 aliphatic carbocycles. The van der Waals surface area contributed by atoms with Crippen molar-refractivity contribution in [2.24, 2.45) is 5.92 Å². The molecule has 0 bridgehead atoms. The summed E-state index contributed by atoms with van der Waals surface area (Å²) in [7, 11) is 0. The molecule has 0 amide bonds.